The number of hydrogen-bond acceptors (Lipinski definition) is 1. The van der Waals surface area contributed by atoms with Crippen LogP contribution in [0.25, 0.3) is 0 Å². The van der Waals surface area contributed by atoms with Crippen molar-refractivity contribution in [3.63, 3.8) is 0 Å². The van der Waals surface area contributed by atoms with E-state index in [4.69, 9.17) is 0 Å². The van der Waals surface area contributed by atoms with Gasteiger partial charge in [0.2, 0.25) is 5.91 Å². The summed E-state index contributed by atoms with van der Waals surface area (Å²) >= 11 is 3.44. The SMILES string of the molecule is O=C(CCc1cccc(Br)c1)NC1CCCC1. The van der Waals surface area contributed by atoms with E-state index in [2.05, 4.69) is 33.4 Å². The molecule has 1 aromatic rings. The Labute approximate surface area is 111 Å². The minimum Gasteiger partial charge on any atom is -0.353 e. The minimum absolute atomic E-state index is 0.192. The smallest absolute Gasteiger partial charge is 0.220 e. The van der Waals surface area contributed by atoms with Crippen molar-refractivity contribution in [3.8, 4) is 0 Å². The lowest BCUT2D eigenvalue weighted by Gasteiger charge is -2.11. The first kappa shape index (κ1) is 12.6. The molecule has 2 rings (SSSR count). The van der Waals surface area contributed by atoms with Crippen molar-refractivity contribution in [2.75, 3.05) is 0 Å². The summed E-state index contributed by atoms with van der Waals surface area (Å²) < 4.78 is 1.08. The van der Waals surface area contributed by atoms with Crippen LogP contribution >= 0.6 is 15.9 Å². The Morgan fingerprint density at radius 1 is 1.35 bits per heavy atom. The standard InChI is InChI=1S/C14H18BrNO/c15-12-5-3-4-11(10-12)8-9-14(17)16-13-6-1-2-7-13/h3-5,10,13H,1-2,6-9H2,(H,16,17). The molecule has 92 valence electrons. The highest BCUT2D eigenvalue weighted by molar-refractivity contribution is 9.10. The molecule has 0 aromatic heterocycles. The third-order valence-corrected chi connectivity index (χ3v) is 3.74. The fraction of sp³-hybridized carbons (Fsp3) is 0.500. The number of benzene rings is 1. The van der Waals surface area contributed by atoms with E-state index in [0.717, 1.165) is 23.7 Å². The molecule has 0 radical (unpaired) electrons. The number of carbonyl (C=O) groups excluding carboxylic acids is 1. The van der Waals surface area contributed by atoms with Crippen molar-refractivity contribution in [2.24, 2.45) is 0 Å². The van der Waals surface area contributed by atoms with Gasteiger partial charge >= 0.3 is 0 Å². The molecule has 0 bridgehead atoms. The number of carbonyl (C=O) groups is 1. The summed E-state index contributed by atoms with van der Waals surface area (Å²) in [6, 6.07) is 8.58. The Kier molecular flexibility index (Phi) is 4.60. The molecular formula is C14H18BrNO. The van der Waals surface area contributed by atoms with E-state index < -0.39 is 0 Å². The highest BCUT2D eigenvalue weighted by Gasteiger charge is 2.16. The number of aryl methyl sites for hydroxylation is 1. The molecule has 1 amide bonds. The lowest BCUT2D eigenvalue weighted by molar-refractivity contribution is -0.121. The molecule has 3 heteroatoms. The fourth-order valence-electron chi connectivity index (χ4n) is 2.32. The summed E-state index contributed by atoms with van der Waals surface area (Å²) in [6.45, 7) is 0. The monoisotopic (exact) mass is 295 g/mol. The van der Waals surface area contributed by atoms with Gasteiger partial charge in [0.1, 0.15) is 0 Å². The Morgan fingerprint density at radius 2 is 2.12 bits per heavy atom. The van der Waals surface area contributed by atoms with E-state index in [1.54, 1.807) is 0 Å². The summed E-state index contributed by atoms with van der Waals surface area (Å²) in [5.41, 5.74) is 1.21. The molecule has 0 unspecified atom stereocenters. The summed E-state index contributed by atoms with van der Waals surface area (Å²) in [6.07, 6.45) is 6.24. The van der Waals surface area contributed by atoms with Crippen LogP contribution in [0, 0.1) is 0 Å². The van der Waals surface area contributed by atoms with E-state index in [1.165, 1.54) is 18.4 Å². The highest BCUT2D eigenvalue weighted by Crippen LogP contribution is 2.18. The van der Waals surface area contributed by atoms with Crippen LogP contribution < -0.4 is 5.32 Å². The zero-order valence-corrected chi connectivity index (χ0v) is 11.5. The molecule has 1 N–H and O–H groups in total. The van der Waals surface area contributed by atoms with Gasteiger partial charge in [0.25, 0.3) is 0 Å². The second kappa shape index (κ2) is 6.20. The summed E-state index contributed by atoms with van der Waals surface area (Å²) in [4.78, 5) is 11.7. The Hall–Kier alpha value is -0.830. The first-order chi connectivity index (χ1) is 8.24. The van der Waals surface area contributed by atoms with E-state index in [9.17, 15) is 4.79 Å². The maximum atomic E-state index is 11.7. The summed E-state index contributed by atoms with van der Waals surface area (Å²) in [7, 11) is 0. The Bertz CT molecular complexity index is 386. The predicted molar refractivity (Wildman–Crippen MR) is 72.9 cm³/mol. The lowest BCUT2D eigenvalue weighted by atomic mass is 10.1. The zero-order valence-electron chi connectivity index (χ0n) is 9.92. The number of halogens is 1. The highest BCUT2D eigenvalue weighted by atomic mass is 79.9. The van der Waals surface area contributed by atoms with Gasteiger partial charge in [-0.05, 0) is 37.0 Å². The number of amides is 1. The van der Waals surface area contributed by atoms with Gasteiger partial charge in [-0.1, -0.05) is 40.9 Å². The minimum atomic E-state index is 0.192. The molecule has 0 aliphatic heterocycles. The Balaban J connectivity index is 1.75. The molecule has 0 saturated heterocycles. The van der Waals surface area contributed by atoms with Crippen LogP contribution in [-0.2, 0) is 11.2 Å². The molecule has 1 aromatic carbocycles. The van der Waals surface area contributed by atoms with Crippen molar-refractivity contribution in [1.82, 2.24) is 5.32 Å². The van der Waals surface area contributed by atoms with Gasteiger partial charge in [-0.15, -0.1) is 0 Å². The zero-order chi connectivity index (χ0) is 12.1. The van der Waals surface area contributed by atoms with Crippen molar-refractivity contribution >= 4 is 21.8 Å². The van der Waals surface area contributed by atoms with Crippen LogP contribution in [0.3, 0.4) is 0 Å². The second-order valence-electron chi connectivity index (χ2n) is 4.68. The molecule has 17 heavy (non-hydrogen) atoms. The van der Waals surface area contributed by atoms with Crippen LogP contribution in [0.4, 0.5) is 0 Å². The van der Waals surface area contributed by atoms with Gasteiger partial charge in [0.05, 0.1) is 0 Å². The van der Waals surface area contributed by atoms with Gasteiger partial charge < -0.3 is 5.32 Å². The van der Waals surface area contributed by atoms with E-state index in [1.807, 2.05) is 12.1 Å². The van der Waals surface area contributed by atoms with E-state index in [0.29, 0.717) is 12.5 Å². The topological polar surface area (TPSA) is 29.1 Å². The fourth-order valence-corrected chi connectivity index (χ4v) is 2.77. The number of nitrogens with one attached hydrogen (secondary N) is 1. The molecule has 1 fully saturated rings. The van der Waals surface area contributed by atoms with Crippen LogP contribution in [-0.4, -0.2) is 11.9 Å². The molecule has 1 saturated carbocycles. The molecule has 0 heterocycles. The van der Waals surface area contributed by atoms with Crippen molar-refractivity contribution in [2.45, 2.75) is 44.6 Å². The summed E-state index contributed by atoms with van der Waals surface area (Å²) in [5.74, 6) is 0.192. The van der Waals surface area contributed by atoms with Crippen LogP contribution in [0.15, 0.2) is 28.7 Å². The number of hydrogen-bond donors (Lipinski definition) is 1. The van der Waals surface area contributed by atoms with Crippen molar-refractivity contribution in [3.05, 3.63) is 34.3 Å². The van der Waals surface area contributed by atoms with E-state index >= 15 is 0 Å². The maximum absolute atomic E-state index is 11.7. The predicted octanol–water partition coefficient (Wildman–Crippen LogP) is 3.44. The average Bonchev–Trinajstić information content (AvgIpc) is 2.79. The molecule has 1 aliphatic rings. The molecule has 2 nitrogen and oxygen atoms in total. The van der Waals surface area contributed by atoms with Gasteiger partial charge in [-0.25, -0.2) is 0 Å². The van der Waals surface area contributed by atoms with Crippen LogP contribution in [0.2, 0.25) is 0 Å². The molecule has 0 spiro atoms. The van der Waals surface area contributed by atoms with Gasteiger partial charge in [-0.2, -0.15) is 0 Å². The van der Waals surface area contributed by atoms with Gasteiger partial charge in [0, 0.05) is 16.9 Å². The van der Waals surface area contributed by atoms with Gasteiger partial charge in [0.15, 0.2) is 0 Å². The normalized spacial score (nSPS) is 16.1. The Morgan fingerprint density at radius 3 is 2.82 bits per heavy atom. The van der Waals surface area contributed by atoms with Crippen molar-refractivity contribution < 1.29 is 4.79 Å². The average molecular weight is 296 g/mol. The second-order valence-corrected chi connectivity index (χ2v) is 5.59. The third kappa shape index (κ3) is 4.15. The van der Waals surface area contributed by atoms with Crippen molar-refractivity contribution in [1.29, 1.82) is 0 Å². The molecule has 0 atom stereocenters. The van der Waals surface area contributed by atoms with Crippen LogP contribution in [0.5, 0.6) is 0 Å². The quantitative estimate of drug-likeness (QED) is 0.906. The van der Waals surface area contributed by atoms with Gasteiger partial charge in [-0.3, -0.25) is 4.79 Å². The first-order valence-electron chi connectivity index (χ1n) is 6.28. The largest absolute Gasteiger partial charge is 0.353 e. The molecule has 1 aliphatic carbocycles. The summed E-state index contributed by atoms with van der Waals surface area (Å²) in [5, 5.41) is 3.11. The van der Waals surface area contributed by atoms with E-state index in [-0.39, 0.29) is 5.91 Å². The number of rotatable bonds is 4. The van der Waals surface area contributed by atoms with Crippen LogP contribution in [0.1, 0.15) is 37.7 Å². The first-order valence-corrected chi connectivity index (χ1v) is 7.07. The maximum Gasteiger partial charge on any atom is 0.220 e. The third-order valence-electron chi connectivity index (χ3n) is 3.25. The molecular weight excluding hydrogens is 278 g/mol. The lowest BCUT2D eigenvalue weighted by Crippen LogP contribution is -2.32.